The molecule has 5 rings (SSSR count). The summed E-state index contributed by atoms with van der Waals surface area (Å²) in [6.07, 6.45) is 2.32. The van der Waals surface area contributed by atoms with Crippen LogP contribution in [0, 0.1) is 13.8 Å². The Bertz CT molecular complexity index is 1390. The molecule has 3 N–H and O–H groups in total. The Kier molecular flexibility index (Phi) is 6.15. The number of aromatic nitrogens is 3. The van der Waals surface area contributed by atoms with Crippen LogP contribution >= 0.6 is 0 Å². The second-order valence-electron chi connectivity index (χ2n) is 8.46. The van der Waals surface area contributed by atoms with Crippen molar-refractivity contribution in [1.29, 1.82) is 0 Å². The third-order valence-electron chi connectivity index (χ3n) is 5.65. The van der Waals surface area contributed by atoms with Crippen LogP contribution < -0.4 is 15.4 Å². The standard InChI is InChI=1S/C26H26N6O3/c1-15-10-18(6-9-23(15)34-20-7-4-16(2)27-12-20)31-25-21-11-19(5-8-22(21)29-14-30-25)32-26-28-13-24(35-26)17(3)33/h4-12,14,17,24,33H,13H2,1-3H3,(H,28,32)(H,29,30,31)/t17?,24-/m0/s1. The second kappa shape index (κ2) is 9.55. The van der Waals surface area contributed by atoms with Gasteiger partial charge >= 0.3 is 0 Å². The van der Waals surface area contributed by atoms with E-state index >= 15 is 0 Å². The quantitative estimate of drug-likeness (QED) is 0.371. The van der Waals surface area contributed by atoms with Gasteiger partial charge in [0.05, 0.1) is 24.4 Å². The number of hydrogen-bond acceptors (Lipinski definition) is 9. The first-order chi connectivity index (χ1) is 16.9. The van der Waals surface area contributed by atoms with E-state index in [1.165, 1.54) is 6.33 Å². The first-order valence-electron chi connectivity index (χ1n) is 11.3. The molecule has 0 fully saturated rings. The summed E-state index contributed by atoms with van der Waals surface area (Å²) in [4.78, 5) is 17.4. The highest BCUT2D eigenvalue weighted by Crippen LogP contribution is 2.30. The Morgan fingerprint density at radius 3 is 2.57 bits per heavy atom. The number of ether oxygens (including phenoxy) is 2. The molecule has 0 bridgehead atoms. The third-order valence-corrected chi connectivity index (χ3v) is 5.65. The molecule has 2 aromatic heterocycles. The zero-order chi connectivity index (χ0) is 24.4. The fraction of sp³-hybridized carbons (Fsp3) is 0.231. The number of benzene rings is 2. The van der Waals surface area contributed by atoms with E-state index in [0.717, 1.165) is 39.3 Å². The lowest BCUT2D eigenvalue weighted by Crippen LogP contribution is -2.28. The van der Waals surface area contributed by atoms with E-state index in [1.54, 1.807) is 13.1 Å². The van der Waals surface area contributed by atoms with Crippen LogP contribution in [-0.4, -0.2) is 44.8 Å². The number of fused-ring (bicyclic) bond motifs is 1. The number of amidine groups is 1. The average molecular weight is 471 g/mol. The maximum atomic E-state index is 9.71. The Balaban J connectivity index is 1.34. The van der Waals surface area contributed by atoms with Crippen LogP contribution in [0.1, 0.15) is 18.2 Å². The highest BCUT2D eigenvalue weighted by atomic mass is 16.5. The zero-order valence-corrected chi connectivity index (χ0v) is 19.7. The fourth-order valence-corrected chi connectivity index (χ4v) is 3.69. The average Bonchev–Trinajstić information content (AvgIpc) is 3.31. The Hall–Kier alpha value is -4.24. The van der Waals surface area contributed by atoms with Gasteiger partial charge in [-0.1, -0.05) is 0 Å². The summed E-state index contributed by atoms with van der Waals surface area (Å²) in [6.45, 7) is 6.04. The van der Waals surface area contributed by atoms with Crippen LogP contribution in [0.2, 0.25) is 0 Å². The predicted molar refractivity (Wildman–Crippen MR) is 136 cm³/mol. The van der Waals surface area contributed by atoms with Gasteiger partial charge < -0.3 is 25.2 Å². The van der Waals surface area contributed by atoms with Crippen molar-refractivity contribution in [2.24, 2.45) is 4.99 Å². The molecule has 1 aliphatic rings. The number of pyridine rings is 1. The second-order valence-corrected chi connectivity index (χ2v) is 8.46. The summed E-state index contributed by atoms with van der Waals surface area (Å²) in [5, 5.41) is 17.1. The van der Waals surface area contributed by atoms with Crippen LogP contribution in [0.4, 0.5) is 17.2 Å². The van der Waals surface area contributed by atoms with Gasteiger partial charge in [0.15, 0.2) is 0 Å². The van der Waals surface area contributed by atoms with Gasteiger partial charge in [0, 0.05) is 22.5 Å². The molecule has 0 saturated heterocycles. The lowest BCUT2D eigenvalue weighted by atomic mass is 10.1. The van der Waals surface area contributed by atoms with Crippen molar-refractivity contribution in [1.82, 2.24) is 15.0 Å². The molecule has 35 heavy (non-hydrogen) atoms. The molecular weight excluding hydrogens is 444 g/mol. The lowest BCUT2D eigenvalue weighted by Gasteiger charge is -2.15. The van der Waals surface area contributed by atoms with Crippen molar-refractivity contribution in [2.75, 3.05) is 17.2 Å². The molecule has 1 unspecified atom stereocenters. The van der Waals surface area contributed by atoms with E-state index in [1.807, 2.05) is 62.4 Å². The molecule has 0 aliphatic carbocycles. The summed E-state index contributed by atoms with van der Waals surface area (Å²) in [5.74, 6) is 2.12. The van der Waals surface area contributed by atoms with Gasteiger partial charge in [-0.2, -0.15) is 0 Å². The summed E-state index contributed by atoms with van der Waals surface area (Å²) in [7, 11) is 0. The molecule has 2 aromatic carbocycles. The molecule has 9 heteroatoms. The monoisotopic (exact) mass is 470 g/mol. The molecule has 3 heterocycles. The van der Waals surface area contributed by atoms with E-state index in [9.17, 15) is 5.11 Å². The Morgan fingerprint density at radius 2 is 1.83 bits per heavy atom. The molecule has 2 atom stereocenters. The normalized spacial score (nSPS) is 15.9. The first kappa shape index (κ1) is 22.5. The van der Waals surface area contributed by atoms with Crippen molar-refractivity contribution < 1.29 is 14.6 Å². The molecule has 0 radical (unpaired) electrons. The molecular formula is C26H26N6O3. The van der Waals surface area contributed by atoms with E-state index in [0.29, 0.717) is 24.1 Å². The van der Waals surface area contributed by atoms with Crippen LogP contribution in [0.25, 0.3) is 10.9 Å². The van der Waals surface area contributed by atoms with E-state index < -0.39 is 6.10 Å². The number of rotatable bonds is 6. The van der Waals surface area contributed by atoms with Gasteiger partial charge in [-0.3, -0.25) is 4.98 Å². The Labute approximate surface area is 202 Å². The Morgan fingerprint density at radius 1 is 1.00 bits per heavy atom. The predicted octanol–water partition coefficient (Wildman–Crippen LogP) is 4.73. The van der Waals surface area contributed by atoms with Crippen LogP contribution in [0.5, 0.6) is 11.5 Å². The first-order valence-corrected chi connectivity index (χ1v) is 11.3. The highest BCUT2D eigenvalue weighted by Gasteiger charge is 2.24. The summed E-state index contributed by atoms with van der Waals surface area (Å²) in [5.41, 5.74) is 4.37. The van der Waals surface area contributed by atoms with Crippen molar-refractivity contribution >= 4 is 34.1 Å². The molecule has 0 saturated carbocycles. The smallest absolute Gasteiger partial charge is 0.289 e. The number of hydrogen-bond donors (Lipinski definition) is 3. The number of aliphatic imine (C=N–C) groups is 1. The van der Waals surface area contributed by atoms with Crippen LogP contribution in [0.15, 0.2) is 66.0 Å². The van der Waals surface area contributed by atoms with E-state index in [4.69, 9.17) is 9.47 Å². The van der Waals surface area contributed by atoms with Gasteiger partial charge in [0.25, 0.3) is 6.02 Å². The molecule has 178 valence electrons. The minimum absolute atomic E-state index is 0.337. The topological polar surface area (TPSA) is 114 Å². The molecule has 1 aliphatic heterocycles. The minimum atomic E-state index is -0.590. The third kappa shape index (κ3) is 5.15. The summed E-state index contributed by atoms with van der Waals surface area (Å²) in [6, 6.07) is 15.8. The van der Waals surface area contributed by atoms with Crippen LogP contribution in [0.3, 0.4) is 0 Å². The highest BCUT2D eigenvalue weighted by molar-refractivity contribution is 5.97. The van der Waals surface area contributed by atoms with E-state index in [2.05, 4.69) is 30.6 Å². The number of aliphatic hydroxyl groups excluding tert-OH is 1. The van der Waals surface area contributed by atoms with Gasteiger partial charge in [-0.15, -0.1) is 0 Å². The van der Waals surface area contributed by atoms with Gasteiger partial charge in [-0.05, 0) is 74.9 Å². The van der Waals surface area contributed by atoms with Crippen molar-refractivity contribution in [3.8, 4) is 11.5 Å². The zero-order valence-electron chi connectivity index (χ0n) is 19.7. The molecule has 0 amide bonds. The van der Waals surface area contributed by atoms with Crippen molar-refractivity contribution in [3.63, 3.8) is 0 Å². The number of nitrogens with one attached hydrogen (secondary N) is 2. The van der Waals surface area contributed by atoms with Gasteiger partial charge in [-0.25, -0.2) is 15.0 Å². The van der Waals surface area contributed by atoms with Gasteiger partial charge in [0.1, 0.15) is 29.7 Å². The molecule has 0 spiro atoms. The summed E-state index contributed by atoms with van der Waals surface area (Å²) < 4.78 is 11.6. The SMILES string of the molecule is Cc1ccc(Oc2ccc(Nc3ncnc4ccc(NC5=NC[C@@H](C(C)O)O5)cc34)cc2C)cn1. The largest absolute Gasteiger partial charge is 0.457 e. The lowest BCUT2D eigenvalue weighted by molar-refractivity contribution is 0.0593. The van der Waals surface area contributed by atoms with Crippen molar-refractivity contribution in [3.05, 3.63) is 72.3 Å². The number of anilines is 3. The van der Waals surface area contributed by atoms with Crippen molar-refractivity contribution in [2.45, 2.75) is 33.0 Å². The minimum Gasteiger partial charge on any atom is -0.457 e. The maximum Gasteiger partial charge on any atom is 0.289 e. The number of aliphatic hydroxyl groups is 1. The van der Waals surface area contributed by atoms with E-state index in [-0.39, 0.29) is 6.10 Å². The van der Waals surface area contributed by atoms with Crippen LogP contribution in [-0.2, 0) is 4.74 Å². The van der Waals surface area contributed by atoms with Gasteiger partial charge in [0.2, 0.25) is 0 Å². The fourth-order valence-electron chi connectivity index (χ4n) is 3.69. The molecule has 9 nitrogen and oxygen atoms in total. The summed E-state index contributed by atoms with van der Waals surface area (Å²) >= 11 is 0. The number of aryl methyl sites for hydroxylation is 2. The number of nitrogens with zero attached hydrogens (tertiary/aromatic N) is 4. The molecule has 4 aromatic rings. The maximum absolute atomic E-state index is 9.71.